The minimum atomic E-state index is -0.734. The number of rotatable bonds is 10. The second-order valence-corrected chi connectivity index (χ2v) is 8.59. The number of nitrogen functional groups attached to an aromatic ring is 1. The van der Waals surface area contributed by atoms with Gasteiger partial charge in [-0.1, -0.05) is 38.6 Å². The summed E-state index contributed by atoms with van der Waals surface area (Å²) in [6.45, 7) is 8.73. The molecular weight excluding hydrogens is 438 g/mol. The van der Waals surface area contributed by atoms with Crippen LogP contribution in [-0.4, -0.2) is 53.1 Å². The van der Waals surface area contributed by atoms with Crippen LogP contribution in [0.15, 0.2) is 40.4 Å². The first-order chi connectivity index (χ1) is 16.2. The molecule has 0 fully saturated rings. The molecule has 1 aliphatic heterocycles. The van der Waals surface area contributed by atoms with Gasteiger partial charge in [-0.3, -0.25) is 23.9 Å². The molecule has 1 aliphatic rings. The summed E-state index contributed by atoms with van der Waals surface area (Å²) in [7, 11) is 1.54. The fourth-order valence-electron chi connectivity index (χ4n) is 4.03. The van der Waals surface area contributed by atoms with E-state index < -0.39 is 17.2 Å². The molecule has 0 spiro atoms. The zero-order chi connectivity index (χ0) is 25.0. The third-order valence-corrected chi connectivity index (χ3v) is 5.65. The Hall–Kier alpha value is -3.66. The predicted molar refractivity (Wildman–Crippen MR) is 131 cm³/mol. The van der Waals surface area contributed by atoms with Gasteiger partial charge in [-0.15, -0.1) is 0 Å². The van der Waals surface area contributed by atoms with Crippen molar-refractivity contribution >= 4 is 29.0 Å². The Morgan fingerprint density at radius 3 is 2.50 bits per heavy atom. The normalized spacial score (nSPS) is 13.0. The van der Waals surface area contributed by atoms with E-state index >= 15 is 0 Å². The smallest absolute Gasteiger partial charge is 0.330 e. The van der Waals surface area contributed by atoms with Crippen LogP contribution in [0.2, 0.25) is 0 Å². The number of benzene rings is 1. The molecule has 0 saturated carbocycles. The van der Waals surface area contributed by atoms with E-state index in [9.17, 15) is 19.2 Å². The first-order valence-electron chi connectivity index (χ1n) is 11.2. The number of aromatic nitrogens is 2. The molecule has 10 nitrogen and oxygen atoms in total. The van der Waals surface area contributed by atoms with Gasteiger partial charge in [0.2, 0.25) is 5.91 Å². The minimum Gasteiger partial charge on any atom is -0.385 e. The fraction of sp³-hybridized carbons (Fsp3) is 0.417. The number of ether oxygens (including phenoxy) is 1. The third kappa shape index (κ3) is 4.96. The van der Waals surface area contributed by atoms with Crippen LogP contribution < -0.4 is 21.9 Å². The number of nitrogens with two attached hydrogens (primary N) is 1. The summed E-state index contributed by atoms with van der Waals surface area (Å²) in [4.78, 5) is 56.2. The standard InChI is InChI=1S/C24H31N5O5/c1-15(2)14-29-21(25)20(22(31)26-24(29)33)28(11-7-13-34-4)19(30)10-12-27-16(3)17-8-5-6-9-18(17)23(27)32/h5-6,8-9,15H,3,7,10-14,25H2,1-2,4H3,(H,26,31,33). The molecule has 1 aromatic carbocycles. The molecule has 0 atom stereocenters. The van der Waals surface area contributed by atoms with Gasteiger partial charge in [0.25, 0.3) is 11.5 Å². The number of aromatic amines is 1. The molecule has 2 amide bonds. The molecule has 0 bridgehead atoms. The van der Waals surface area contributed by atoms with Crippen molar-refractivity contribution < 1.29 is 14.3 Å². The molecule has 0 unspecified atom stereocenters. The maximum Gasteiger partial charge on any atom is 0.330 e. The molecule has 3 rings (SSSR count). The Balaban J connectivity index is 1.88. The topological polar surface area (TPSA) is 131 Å². The molecule has 34 heavy (non-hydrogen) atoms. The highest BCUT2D eigenvalue weighted by molar-refractivity contribution is 6.09. The van der Waals surface area contributed by atoms with Crippen molar-refractivity contribution in [1.82, 2.24) is 14.5 Å². The predicted octanol–water partition coefficient (Wildman–Crippen LogP) is 1.66. The summed E-state index contributed by atoms with van der Waals surface area (Å²) in [5.74, 6) is -0.603. The lowest BCUT2D eigenvalue weighted by Crippen LogP contribution is -2.43. The van der Waals surface area contributed by atoms with E-state index in [4.69, 9.17) is 10.5 Å². The average molecular weight is 470 g/mol. The number of carbonyl (C=O) groups excluding carboxylic acids is 2. The number of methoxy groups -OCH3 is 1. The summed E-state index contributed by atoms with van der Waals surface area (Å²) in [6.07, 6.45) is 0.388. The van der Waals surface area contributed by atoms with Gasteiger partial charge in [-0.2, -0.15) is 0 Å². The Morgan fingerprint density at radius 2 is 1.88 bits per heavy atom. The minimum absolute atomic E-state index is 0.0616. The van der Waals surface area contributed by atoms with E-state index in [1.807, 2.05) is 26.0 Å². The summed E-state index contributed by atoms with van der Waals surface area (Å²) in [6, 6.07) is 7.13. The second-order valence-electron chi connectivity index (χ2n) is 8.59. The highest BCUT2D eigenvalue weighted by atomic mass is 16.5. The fourth-order valence-corrected chi connectivity index (χ4v) is 4.03. The van der Waals surface area contributed by atoms with Gasteiger partial charge in [0, 0.05) is 56.6 Å². The summed E-state index contributed by atoms with van der Waals surface area (Å²) >= 11 is 0. The number of fused-ring (bicyclic) bond motifs is 1. The SMILES string of the molecule is C=C1c2ccccc2C(=O)N1CCC(=O)N(CCCOC)c1c(N)n(CC(C)C)c(=O)[nH]c1=O. The van der Waals surface area contributed by atoms with E-state index in [0.29, 0.717) is 24.3 Å². The van der Waals surface area contributed by atoms with E-state index in [0.717, 1.165) is 5.56 Å². The number of anilines is 2. The molecule has 3 N–H and O–H groups in total. The van der Waals surface area contributed by atoms with E-state index in [1.54, 1.807) is 19.2 Å². The first-order valence-corrected chi connectivity index (χ1v) is 11.2. The number of nitrogens with one attached hydrogen (secondary N) is 1. The van der Waals surface area contributed by atoms with Crippen LogP contribution in [0.5, 0.6) is 0 Å². The third-order valence-electron chi connectivity index (χ3n) is 5.65. The van der Waals surface area contributed by atoms with Crippen molar-refractivity contribution in [3.05, 3.63) is 62.8 Å². The van der Waals surface area contributed by atoms with Crippen molar-refractivity contribution in [2.24, 2.45) is 5.92 Å². The Kier molecular flexibility index (Phi) is 7.72. The monoisotopic (exact) mass is 469 g/mol. The number of H-pyrrole nitrogens is 1. The van der Waals surface area contributed by atoms with Crippen molar-refractivity contribution in [1.29, 1.82) is 0 Å². The summed E-state index contributed by atoms with van der Waals surface area (Å²) < 4.78 is 6.36. The van der Waals surface area contributed by atoms with E-state index in [-0.39, 0.29) is 49.4 Å². The Bertz CT molecular complexity index is 1180. The maximum atomic E-state index is 13.3. The van der Waals surface area contributed by atoms with Crippen molar-refractivity contribution in [3.8, 4) is 0 Å². The largest absolute Gasteiger partial charge is 0.385 e. The van der Waals surface area contributed by atoms with Crippen LogP contribution >= 0.6 is 0 Å². The van der Waals surface area contributed by atoms with Gasteiger partial charge in [0.05, 0.1) is 0 Å². The van der Waals surface area contributed by atoms with Gasteiger partial charge in [0.15, 0.2) is 5.69 Å². The highest BCUT2D eigenvalue weighted by Gasteiger charge is 2.32. The zero-order valence-electron chi connectivity index (χ0n) is 19.8. The van der Waals surface area contributed by atoms with Crippen LogP contribution in [0.3, 0.4) is 0 Å². The molecular formula is C24H31N5O5. The van der Waals surface area contributed by atoms with Crippen molar-refractivity contribution in [2.75, 3.05) is 37.4 Å². The van der Waals surface area contributed by atoms with Crippen LogP contribution in [0.1, 0.15) is 42.6 Å². The number of hydrogen-bond donors (Lipinski definition) is 2. The molecule has 0 saturated heterocycles. The number of hydrogen-bond acceptors (Lipinski definition) is 6. The van der Waals surface area contributed by atoms with E-state index in [1.165, 1.54) is 14.4 Å². The Morgan fingerprint density at radius 1 is 1.21 bits per heavy atom. The maximum absolute atomic E-state index is 13.3. The van der Waals surface area contributed by atoms with Crippen LogP contribution in [0, 0.1) is 5.92 Å². The summed E-state index contributed by atoms with van der Waals surface area (Å²) in [5, 5.41) is 0. The van der Waals surface area contributed by atoms with Crippen LogP contribution in [-0.2, 0) is 16.1 Å². The Labute approximate surface area is 197 Å². The lowest BCUT2D eigenvalue weighted by Gasteiger charge is -2.26. The highest BCUT2D eigenvalue weighted by Crippen LogP contribution is 2.31. The van der Waals surface area contributed by atoms with Gasteiger partial charge in [-0.25, -0.2) is 4.79 Å². The van der Waals surface area contributed by atoms with Crippen LogP contribution in [0.25, 0.3) is 5.70 Å². The van der Waals surface area contributed by atoms with Crippen molar-refractivity contribution in [3.63, 3.8) is 0 Å². The molecule has 2 aromatic rings. The lowest BCUT2D eigenvalue weighted by molar-refractivity contribution is -0.118. The molecule has 2 heterocycles. The molecule has 182 valence electrons. The number of nitrogens with zero attached hydrogens (tertiary/aromatic N) is 3. The quantitative estimate of drug-likeness (QED) is 0.509. The lowest BCUT2D eigenvalue weighted by atomic mass is 10.1. The molecule has 0 radical (unpaired) electrons. The van der Waals surface area contributed by atoms with Gasteiger partial charge < -0.3 is 20.3 Å². The van der Waals surface area contributed by atoms with E-state index in [2.05, 4.69) is 11.6 Å². The zero-order valence-corrected chi connectivity index (χ0v) is 19.8. The number of carbonyl (C=O) groups is 2. The molecule has 10 heteroatoms. The number of amides is 2. The van der Waals surface area contributed by atoms with Crippen LogP contribution in [0.4, 0.5) is 11.5 Å². The molecule has 1 aromatic heterocycles. The average Bonchev–Trinajstić information content (AvgIpc) is 3.03. The molecule has 0 aliphatic carbocycles. The van der Waals surface area contributed by atoms with Gasteiger partial charge in [-0.05, 0) is 18.4 Å². The van der Waals surface area contributed by atoms with Gasteiger partial charge >= 0.3 is 5.69 Å². The summed E-state index contributed by atoms with van der Waals surface area (Å²) in [5.41, 5.74) is 6.61. The van der Waals surface area contributed by atoms with Crippen molar-refractivity contribution in [2.45, 2.75) is 33.2 Å². The van der Waals surface area contributed by atoms with Gasteiger partial charge in [0.1, 0.15) is 5.82 Å². The second kappa shape index (κ2) is 10.5. The first kappa shape index (κ1) is 25.0.